The van der Waals surface area contributed by atoms with Crippen molar-refractivity contribution in [2.45, 2.75) is 13.8 Å². The molecule has 0 aromatic heterocycles. The molecule has 0 aliphatic heterocycles. The number of allylic oxidation sites excluding steroid dienone is 1. The van der Waals surface area contributed by atoms with Crippen LogP contribution in [0.4, 0.5) is 14.4 Å². The summed E-state index contributed by atoms with van der Waals surface area (Å²) >= 11 is 0. The summed E-state index contributed by atoms with van der Waals surface area (Å²) in [5.74, 6) is 0. The van der Waals surface area contributed by atoms with Crippen LogP contribution in [0.5, 0.6) is 0 Å². The standard InChI is InChI=1S/C4H8.C2H4N2O.2CH4N2O/c1-4(2)3;1-4-2(3)5;2*2-1(3)4/h1H2,2-3H3;1H2,(H2,3,5);2*(H4,2,3,4). The predicted octanol–water partition coefficient (Wildman–Crippen LogP) is -0.604. The lowest BCUT2D eigenvalue weighted by atomic mass is 10.4. The second-order valence-electron chi connectivity index (χ2n) is 2.51. The molecule has 9 heteroatoms. The first-order valence-electron chi connectivity index (χ1n) is 3.95. The molecule has 0 bridgehead atoms. The van der Waals surface area contributed by atoms with E-state index in [1.807, 2.05) is 13.8 Å². The molecular weight excluding hydrogens is 228 g/mol. The SMILES string of the molecule is C=C(C)C.C=NC(N)=O.NC(N)=O.NC(N)=O. The number of primary amides is 5. The van der Waals surface area contributed by atoms with Crippen LogP contribution in [-0.2, 0) is 0 Å². The van der Waals surface area contributed by atoms with E-state index in [9.17, 15) is 4.79 Å². The third-order valence-corrected chi connectivity index (χ3v) is 0.156. The molecule has 0 rings (SSSR count). The van der Waals surface area contributed by atoms with E-state index in [0.717, 1.165) is 0 Å². The average molecular weight is 248 g/mol. The van der Waals surface area contributed by atoms with Crippen LogP contribution in [0.3, 0.4) is 0 Å². The number of carbonyl (C=O) groups is 3. The fourth-order valence-corrected chi connectivity index (χ4v) is 0. The molecule has 0 aromatic carbocycles. The number of rotatable bonds is 0. The lowest BCUT2D eigenvalue weighted by Crippen LogP contribution is -2.18. The fraction of sp³-hybridized carbons (Fsp3) is 0.250. The Morgan fingerprint density at radius 3 is 0.941 bits per heavy atom. The Kier molecular flexibility index (Phi) is 26.8. The highest BCUT2D eigenvalue weighted by Crippen LogP contribution is 1.73. The Hall–Kier alpha value is -2.58. The lowest BCUT2D eigenvalue weighted by molar-refractivity contribution is 0.255. The first-order chi connectivity index (χ1) is 7.47. The van der Waals surface area contributed by atoms with Crippen LogP contribution < -0.4 is 28.7 Å². The molecule has 0 heterocycles. The van der Waals surface area contributed by atoms with Gasteiger partial charge in [-0.2, -0.15) is 0 Å². The van der Waals surface area contributed by atoms with Gasteiger partial charge < -0.3 is 28.7 Å². The molecule has 100 valence electrons. The van der Waals surface area contributed by atoms with Crippen LogP contribution >= 0.6 is 0 Å². The van der Waals surface area contributed by atoms with Gasteiger partial charge in [-0.05, 0) is 20.6 Å². The smallest absolute Gasteiger partial charge is 0.337 e. The van der Waals surface area contributed by atoms with Crippen LogP contribution in [0, 0.1) is 0 Å². The van der Waals surface area contributed by atoms with Gasteiger partial charge in [-0.1, -0.05) is 5.57 Å². The first-order valence-corrected chi connectivity index (χ1v) is 3.95. The van der Waals surface area contributed by atoms with Gasteiger partial charge in [-0.25, -0.2) is 19.4 Å². The van der Waals surface area contributed by atoms with E-state index in [1.54, 1.807) is 0 Å². The molecule has 0 fully saturated rings. The Balaban J connectivity index is -0.0000000667. The number of hydrogen-bond donors (Lipinski definition) is 5. The van der Waals surface area contributed by atoms with E-state index in [0.29, 0.717) is 0 Å². The average Bonchev–Trinajstić information content (AvgIpc) is 2.00. The van der Waals surface area contributed by atoms with E-state index in [-0.39, 0.29) is 0 Å². The molecule has 0 aliphatic rings. The predicted molar refractivity (Wildman–Crippen MR) is 67.2 cm³/mol. The zero-order chi connectivity index (χ0) is 15.0. The number of hydrogen-bond acceptors (Lipinski definition) is 3. The maximum absolute atomic E-state index is 9.36. The first kappa shape index (κ1) is 23.9. The van der Waals surface area contributed by atoms with Crippen molar-refractivity contribution in [3.05, 3.63) is 12.2 Å². The van der Waals surface area contributed by atoms with Crippen molar-refractivity contribution in [1.29, 1.82) is 0 Å². The normalized spacial score (nSPS) is 6.24. The minimum Gasteiger partial charge on any atom is -0.352 e. The number of aliphatic imine (C=N–C) groups is 1. The second-order valence-corrected chi connectivity index (χ2v) is 2.51. The van der Waals surface area contributed by atoms with Gasteiger partial charge >= 0.3 is 18.1 Å². The minimum absolute atomic E-state index is 0.731. The zero-order valence-corrected chi connectivity index (χ0v) is 9.97. The Morgan fingerprint density at radius 2 is 0.941 bits per heavy atom. The lowest BCUT2D eigenvalue weighted by Gasteiger charge is -1.66. The summed E-state index contributed by atoms with van der Waals surface area (Å²) in [6, 6.07) is -2.40. The molecule has 17 heavy (non-hydrogen) atoms. The maximum Gasteiger partial charge on any atom is 0.337 e. The van der Waals surface area contributed by atoms with Crippen molar-refractivity contribution in [1.82, 2.24) is 0 Å². The number of urea groups is 3. The Morgan fingerprint density at radius 1 is 0.882 bits per heavy atom. The summed E-state index contributed by atoms with van der Waals surface area (Å²) in [7, 11) is 0. The zero-order valence-electron chi connectivity index (χ0n) is 9.97. The molecule has 0 spiro atoms. The van der Waals surface area contributed by atoms with Crippen molar-refractivity contribution in [3.63, 3.8) is 0 Å². The largest absolute Gasteiger partial charge is 0.352 e. The molecule has 0 aliphatic carbocycles. The van der Waals surface area contributed by atoms with Gasteiger partial charge in [0.1, 0.15) is 0 Å². The summed E-state index contributed by atoms with van der Waals surface area (Å²) in [5, 5.41) is 0. The highest BCUT2D eigenvalue weighted by atomic mass is 16.2. The minimum atomic E-state index is -0.833. The van der Waals surface area contributed by atoms with E-state index in [2.05, 4.69) is 47.0 Å². The van der Waals surface area contributed by atoms with Gasteiger partial charge in [0, 0.05) is 0 Å². The maximum atomic E-state index is 9.36. The second kappa shape index (κ2) is 19.1. The highest BCUT2D eigenvalue weighted by Gasteiger charge is 1.70. The topological polar surface area (TPSA) is 194 Å². The molecule has 0 unspecified atom stereocenters. The number of carbonyl (C=O) groups excluding carboxylic acids is 3. The van der Waals surface area contributed by atoms with Crippen LogP contribution in [0.1, 0.15) is 13.8 Å². The van der Waals surface area contributed by atoms with Gasteiger partial charge in [0.2, 0.25) is 0 Å². The van der Waals surface area contributed by atoms with Crippen LogP contribution in [0.2, 0.25) is 0 Å². The molecule has 9 nitrogen and oxygen atoms in total. The summed E-state index contributed by atoms with van der Waals surface area (Å²) in [6.07, 6.45) is 0. The van der Waals surface area contributed by atoms with E-state index < -0.39 is 18.1 Å². The third kappa shape index (κ3) is 5200. The van der Waals surface area contributed by atoms with Crippen molar-refractivity contribution in [3.8, 4) is 0 Å². The molecule has 0 radical (unpaired) electrons. The van der Waals surface area contributed by atoms with Crippen LogP contribution in [0.15, 0.2) is 17.1 Å². The van der Waals surface area contributed by atoms with Gasteiger partial charge in [-0.3, -0.25) is 0 Å². The molecule has 0 saturated heterocycles. The fourth-order valence-electron chi connectivity index (χ4n) is 0. The third-order valence-electron chi connectivity index (χ3n) is 0.156. The summed E-state index contributed by atoms with van der Waals surface area (Å²) < 4.78 is 0. The molecule has 0 atom stereocenters. The monoisotopic (exact) mass is 248 g/mol. The van der Waals surface area contributed by atoms with E-state index >= 15 is 0 Å². The van der Waals surface area contributed by atoms with E-state index in [1.165, 1.54) is 5.57 Å². The summed E-state index contributed by atoms with van der Waals surface area (Å²) in [6.45, 7) is 10.3. The summed E-state index contributed by atoms with van der Waals surface area (Å²) in [5.41, 5.74) is 22.6. The van der Waals surface area contributed by atoms with Gasteiger partial charge in [0.05, 0.1) is 0 Å². The number of nitrogens with two attached hydrogens (primary N) is 5. The Labute approximate surface area is 99.7 Å². The molecule has 6 amide bonds. The van der Waals surface area contributed by atoms with Crippen molar-refractivity contribution >= 4 is 24.8 Å². The summed E-state index contributed by atoms with van der Waals surface area (Å²) in [4.78, 5) is 30.1. The molecular formula is C8H20N6O3. The molecule has 0 saturated carbocycles. The highest BCUT2D eigenvalue weighted by molar-refractivity contribution is 5.76. The van der Waals surface area contributed by atoms with Gasteiger partial charge in [0.15, 0.2) is 0 Å². The quantitative estimate of drug-likeness (QED) is 0.282. The number of amides is 6. The Bertz CT molecular complexity index is 223. The molecule has 0 aromatic rings. The number of nitrogens with zero attached hydrogens (tertiary/aromatic N) is 1. The van der Waals surface area contributed by atoms with Crippen LogP contribution in [-0.4, -0.2) is 24.8 Å². The van der Waals surface area contributed by atoms with Gasteiger partial charge in [-0.15, -0.1) is 6.58 Å². The van der Waals surface area contributed by atoms with Crippen molar-refractivity contribution in [2.75, 3.05) is 0 Å². The van der Waals surface area contributed by atoms with Crippen LogP contribution in [0.25, 0.3) is 0 Å². The van der Waals surface area contributed by atoms with Crippen molar-refractivity contribution in [2.24, 2.45) is 33.7 Å². The van der Waals surface area contributed by atoms with E-state index in [4.69, 9.17) is 9.59 Å². The van der Waals surface area contributed by atoms with Crippen molar-refractivity contribution < 1.29 is 14.4 Å². The molecule has 10 N–H and O–H groups in total. The van der Waals surface area contributed by atoms with Gasteiger partial charge in [0.25, 0.3) is 0 Å².